The van der Waals surface area contributed by atoms with Gasteiger partial charge in [0.2, 0.25) is 0 Å². The van der Waals surface area contributed by atoms with Gasteiger partial charge in [-0.1, -0.05) is 23.7 Å². The van der Waals surface area contributed by atoms with E-state index in [1.54, 1.807) is 18.2 Å². The van der Waals surface area contributed by atoms with Crippen LogP contribution in [0.15, 0.2) is 42.5 Å². The molecule has 2 aromatic rings. The lowest BCUT2D eigenvalue weighted by molar-refractivity contribution is -0.138. The van der Waals surface area contributed by atoms with Gasteiger partial charge >= 0.3 is 6.18 Å². The van der Waals surface area contributed by atoms with Crippen LogP contribution >= 0.6 is 11.6 Å². The van der Waals surface area contributed by atoms with Crippen LogP contribution in [-0.4, -0.2) is 0 Å². The van der Waals surface area contributed by atoms with E-state index in [1.807, 2.05) is 6.07 Å². The SMILES string of the molecule is NCc1cc(OCc2cccc(Cl)c2)ccc1C(F)(F)F. The fourth-order valence-corrected chi connectivity index (χ4v) is 2.11. The third-order valence-corrected chi connectivity index (χ3v) is 3.13. The van der Waals surface area contributed by atoms with Crippen molar-refractivity contribution in [2.75, 3.05) is 0 Å². The molecular weight excluding hydrogens is 303 g/mol. The zero-order valence-electron chi connectivity index (χ0n) is 11.0. The number of halogens is 4. The van der Waals surface area contributed by atoms with Crippen molar-refractivity contribution >= 4 is 11.6 Å². The van der Waals surface area contributed by atoms with E-state index < -0.39 is 11.7 Å². The fraction of sp³-hybridized carbons (Fsp3) is 0.200. The third kappa shape index (κ3) is 4.12. The largest absolute Gasteiger partial charge is 0.489 e. The Morgan fingerprint density at radius 2 is 1.86 bits per heavy atom. The van der Waals surface area contributed by atoms with Crippen molar-refractivity contribution in [2.24, 2.45) is 5.73 Å². The molecule has 0 unspecified atom stereocenters. The van der Waals surface area contributed by atoms with Gasteiger partial charge in [-0.15, -0.1) is 0 Å². The molecule has 2 nitrogen and oxygen atoms in total. The Labute approximate surface area is 125 Å². The van der Waals surface area contributed by atoms with Crippen LogP contribution in [0.4, 0.5) is 13.2 Å². The van der Waals surface area contributed by atoms with Crippen molar-refractivity contribution in [2.45, 2.75) is 19.3 Å². The van der Waals surface area contributed by atoms with Crippen LogP contribution < -0.4 is 10.5 Å². The van der Waals surface area contributed by atoms with Crippen molar-refractivity contribution in [3.05, 3.63) is 64.2 Å². The van der Waals surface area contributed by atoms with Gasteiger partial charge in [-0.25, -0.2) is 0 Å². The highest BCUT2D eigenvalue weighted by molar-refractivity contribution is 6.30. The summed E-state index contributed by atoms with van der Waals surface area (Å²) in [6.45, 7) is 0.0130. The molecule has 0 bridgehead atoms. The van der Waals surface area contributed by atoms with Crippen molar-refractivity contribution in [3.8, 4) is 5.75 Å². The molecule has 2 aromatic carbocycles. The number of benzene rings is 2. The number of ether oxygens (including phenoxy) is 1. The molecule has 0 spiro atoms. The molecule has 0 radical (unpaired) electrons. The molecule has 0 atom stereocenters. The van der Waals surface area contributed by atoms with Crippen molar-refractivity contribution in [3.63, 3.8) is 0 Å². The average Bonchev–Trinajstić information content (AvgIpc) is 2.44. The van der Waals surface area contributed by atoms with Crippen LogP contribution in [0.25, 0.3) is 0 Å². The van der Waals surface area contributed by atoms with Crippen LogP contribution in [0.3, 0.4) is 0 Å². The van der Waals surface area contributed by atoms with E-state index in [2.05, 4.69) is 0 Å². The molecule has 21 heavy (non-hydrogen) atoms. The van der Waals surface area contributed by atoms with Gasteiger partial charge in [0.15, 0.2) is 0 Å². The fourth-order valence-electron chi connectivity index (χ4n) is 1.90. The van der Waals surface area contributed by atoms with Gasteiger partial charge in [0.1, 0.15) is 12.4 Å². The Balaban J connectivity index is 2.14. The van der Waals surface area contributed by atoms with Crippen LogP contribution in [-0.2, 0) is 19.3 Å². The minimum atomic E-state index is -4.42. The van der Waals surface area contributed by atoms with E-state index in [4.69, 9.17) is 22.1 Å². The molecule has 0 aliphatic rings. The molecule has 0 heterocycles. The van der Waals surface area contributed by atoms with Crippen LogP contribution in [0.2, 0.25) is 5.02 Å². The van der Waals surface area contributed by atoms with Gasteiger partial charge in [0, 0.05) is 11.6 Å². The van der Waals surface area contributed by atoms with Crippen LogP contribution in [0, 0.1) is 0 Å². The summed E-state index contributed by atoms with van der Waals surface area (Å²) < 4.78 is 43.7. The van der Waals surface area contributed by atoms with Crippen LogP contribution in [0.5, 0.6) is 5.75 Å². The second kappa shape index (κ2) is 6.37. The third-order valence-electron chi connectivity index (χ3n) is 2.90. The van der Waals surface area contributed by atoms with Gasteiger partial charge in [-0.3, -0.25) is 0 Å². The maximum Gasteiger partial charge on any atom is 0.416 e. The minimum absolute atomic E-state index is 0.00564. The van der Waals surface area contributed by atoms with Crippen molar-refractivity contribution in [1.82, 2.24) is 0 Å². The first-order valence-corrected chi connectivity index (χ1v) is 6.55. The number of alkyl halides is 3. The molecule has 0 saturated heterocycles. The molecule has 0 fully saturated rings. The van der Waals surface area contributed by atoms with Crippen molar-refractivity contribution in [1.29, 1.82) is 0 Å². The second-order valence-corrected chi connectivity index (χ2v) is 4.88. The van der Waals surface area contributed by atoms with Gasteiger partial charge in [0.25, 0.3) is 0 Å². The summed E-state index contributed by atoms with van der Waals surface area (Å²) in [5.41, 5.74) is 5.47. The standard InChI is InChI=1S/C15H13ClF3NO/c16-12-3-1-2-10(6-12)9-21-13-4-5-14(15(17,18)19)11(7-13)8-20/h1-7H,8-9,20H2. The molecule has 0 saturated carbocycles. The summed E-state index contributed by atoms with van der Waals surface area (Å²) in [5.74, 6) is 0.337. The molecule has 6 heteroatoms. The monoisotopic (exact) mass is 315 g/mol. The predicted molar refractivity (Wildman–Crippen MR) is 75.1 cm³/mol. The van der Waals surface area contributed by atoms with E-state index in [0.29, 0.717) is 10.8 Å². The predicted octanol–water partition coefficient (Wildman–Crippen LogP) is 4.40. The lowest BCUT2D eigenvalue weighted by atomic mass is 10.1. The van der Waals surface area contributed by atoms with Gasteiger partial charge in [-0.05, 0) is 41.5 Å². The molecule has 2 rings (SSSR count). The number of hydrogen-bond donors (Lipinski definition) is 1. The molecule has 0 aromatic heterocycles. The number of hydrogen-bond acceptors (Lipinski definition) is 2. The summed E-state index contributed by atoms with van der Waals surface area (Å²) in [6.07, 6.45) is -4.42. The Kier molecular flexibility index (Phi) is 4.75. The van der Waals surface area contributed by atoms with Crippen molar-refractivity contribution < 1.29 is 17.9 Å². The average molecular weight is 316 g/mol. The van der Waals surface area contributed by atoms with Gasteiger partial charge < -0.3 is 10.5 Å². The highest BCUT2D eigenvalue weighted by atomic mass is 35.5. The zero-order valence-corrected chi connectivity index (χ0v) is 11.7. The smallest absolute Gasteiger partial charge is 0.416 e. The summed E-state index contributed by atoms with van der Waals surface area (Å²) >= 11 is 5.85. The van der Waals surface area contributed by atoms with Crippen LogP contribution in [0.1, 0.15) is 16.7 Å². The molecule has 112 valence electrons. The topological polar surface area (TPSA) is 35.2 Å². The quantitative estimate of drug-likeness (QED) is 0.907. The number of nitrogens with two attached hydrogens (primary N) is 1. The lowest BCUT2D eigenvalue weighted by Gasteiger charge is -2.14. The van der Waals surface area contributed by atoms with E-state index in [1.165, 1.54) is 12.1 Å². The first-order chi connectivity index (χ1) is 9.90. The maximum atomic E-state index is 12.8. The molecule has 0 aliphatic heterocycles. The molecule has 0 amide bonds. The Morgan fingerprint density at radius 1 is 1.10 bits per heavy atom. The second-order valence-electron chi connectivity index (χ2n) is 4.44. The Bertz CT molecular complexity index is 629. The lowest BCUT2D eigenvalue weighted by Crippen LogP contribution is -2.12. The normalized spacial score (nSPS) is 11.5. The zero-order chi connectivity index (χ0) is 15.5. The summed E-state index contributed by atoms with van der Waals surface area (Å²) in [6, 6.07) is 10.6. The van der Waals surface area contributed by atoms with E-state index in [-0.39, 0.29) is 18.7 Å². The highest BCUT2D eigenvalue weighted by Crippen LogP contribution is 2.33. The highest BCUT2D eigenvalue weighted by Gasteiger charge is 2.32. The maximum absolute atomic E-state index is 12.8. The first-order valence-electron chi connectivity index (χ1n) is 6.17. The van der Waals surface area contributed by atoms with E-state index in [9.17, 15) is 13.2 Å². The Morgan fingerprint density at radius 3 is 2.48 bits per heavy atom. The number of rotatable bonds is 4. The van der Waals surface area contributed by atoms with Gasteiger partial charge in [-0.2, -0.15) is 13.2 Å². The first kappa shape index (κ1) is 15.7. The molecular formula is C15H13ClF3NO. The summed E-state index contributed by atoms with van der Waals surface area (Å²) in [4.78, 5) is 0. The Hall–Kier alpha value is -1.72. The summed E-state index contributed by atoms with van der Waals surface area (Å²) in [7, 11) is 0. The molecule has 2 N–H and O–H groups in total. The summed E-state index contributed by atoms with van der Waals surface area (Å²) in [5, 5.41) is 0.575. The minimum Gasteiger partial charge on any atom is -0.489 e. The van der Waals surface area contributed by atoms with E-state index >= 15 is 0 Å². The molecule has 0 aliphatic carbocycles. The van der Waals surface area contributed by atoms with E-state index in [0.717, 1.165) is 11.6 Å². The van der Waals surface area contributed by atoms with Gasteiger partial charge in [0.05, 0.1) is 5.56 Å².